The fourth-order valence-corrected chi connectivity index (χ4v) is 2.86. The number of likely N-dealkylation sites (N-methyl/N-ethyl adjacent to an activating group) is 1. The minimum absolute atomic E-state index is 0.0986. The van der Waals surface area contributed by atoms with Gasteiger partial charge in [-0.2, -0.15) is 0 Å². The van der Waals surface area contributed by atoms with Crippen LogP contribution in [0.1, 0.15) is 18.4 Å². The predicted octanol–water partition coefficient (Wildman–Crippen LogP) is 2.85. The van der Waals surface area contributed by atoms with Crippen molar-refractivity contribution in [3.05, 3.63) is 53.7 Å². The monoisotopic (exact) mass is 369 g/mol. The van der Waals surface area contributed by atoms with Crippen LogP contribution in [0.4, 0.5) is 5.69 Å². The molecule has 0 aliphatic carbocycles. The van der Waals surface area contributed by atoms with Crippen molar-refractivity contribution in [1.82, 2.24) is 10.2 Å². The van der Waals surface area contributed by atoms with Crippen LogP contribution in [0.3, 0.4) is 0 Å². The fourth-order valence-electron chi connectivity index (χ4n) is 2.86. The van der Waals surface area contributed by atoms with Gasteiger partial charge in [0.15, 0.2) is 0 Å². The van der Waals surface area contributed by atoms with Gasteiger partial charge in [0.05, 0.1) is 0 Å². The van der Waals surface area contributed by atoms with Gasteiger partial charge in [0.25, 0.3) is 0 Å². The number of carbonyl (C=O) groups excluding carboxylic acids is 1. The summed E-state index contributed by atoms with van der Waals surface area (Å²) in [4.78, 5) is 24.8. The number of aryl methyl sites for hydroxylation is 1. The van der Waals surface area contributed by atoms with Crippen molar-refractivity contribution in [2.45, 2.75) is 19.3 Å². The van der Waals surface area contributed by atoms with Crippen LogP contribution in [0, 0.1) is 0 Å². The molecule has 0 aliphatic heterocycles. The van der Waals surface area contributed by atoms with Gasteiger partial charge in [-0.15, -0.1) is 0 Å². The summed E-state index contributed by atoms with van der Waals surface area (Å²) < 4.78 is 0. The number of nitrogens with zero attached hydrogens (tertiary/aromatic N) is 1. The molecule has 27 heavy (non-hydrogen) atoms. The Bertz CT molecular complexity index is 844. The molecule has 0 radical (unpaired) electrons. The van der Waals surface area contributed by atoms with Crippen LogP contribution in [0.5, 0.6) is 0 Å². The molecule has 0 saturated heterocycles. The summed E-state index contributed by atoms with van der Waals surface area (Å²) in [6.07, 6.45) is 2.87. The molecule has 0 aromatic heterocycles. The average Bonchev–Trinajstić information content (AvgIpc) is 2.64. The second kappa shape index (κ2) is 9.73. The van der Waals surface area contributed by atoms with Gasteiger partial charge in [-0.3, -0.25) is 9.59 Å². The number of amides is 1. The number of benzene rings is 2. The number of carboxylic acids is 1. The number of hydrogen-bond donors (Lipinski definition) is 3. The third kappa shape index (κ3) is 6.11. The van der Waals surface area contributed by atoms with E-state index in [9.17, 15) is 9.59 Å². The van der Waals surface area contributed by atoms with E-state index in [1.54, 1.807) is 13.1 Å². The lowest BCUT2D eigenvalue weighted by Crippen LogP contribution is -2.19. The molecule has 3 N–H and O–H groups in total. The molecule has 0 aliphatic rings. The van der Waals surface area contributed by atoms with Gasteiger partial charge in [0, 0.05) is 49.3 Å². The van der Waals surface area contributed by atoms with E-state index >= 15 is 0 Å². The lowest BCUT2D eigenvalue weighted by molar-refractivity contribution is -0.137. The molecule has 6 heteroatoms. The number of carboxylic acid groups (broad SMARTS) is 1. The molecule has 0 saturated carbocycles. The summed E-state index contributed by atoms with van der Waals surface area (Å²) in [5.41, 5.74) is 2.73. The van der Waals surface area contributed by atoms with E-state index in [0.717, 1.165) is 34.3 Å². The van der Waals surface area contributed by atoms with Gasteiger partial charge in [-0.05, 0) is 37.5 Å². The number of hydrogen-bond acceptors (Lipinski definition) is 4. The molecule has 2 aromatic rings. The maximum Gasteiger partial charge on any atom is 0.303 e. The van der Waals surface area contributed by atoms with E-state index in [-0.39, 0.29) is 12.3 Å². The summed E-state index contributed by atoms with van der Waals surface area (Å²) >= 11 is 0. The minimum Gasteiger partial charge on any atom is -0.481 e. The molecule has 0 bridgehead atoms. The Hall–Kier alpha value is -2.86. The first kappa shape index (κ1) is 20.5. The predicted molar refractivity (Wildman–Crippen MR) is 109 cm³/mol. The third-order valence-electron chi connectivity index (χ3n) is 4.30. The van der Waals surface area contributed by atoms with E-state index in [0.29, 0.717) is 12.8 Å². The van der Waals surface area contributed by atoms with E-state index in [4.69, 9.17) is 5.11 Å². The molecule has 1 amide bonds. The highest BCUT2D eigenvalue weighted by molar-refractivity contribution is 5.97. The smallest absolute Gasteiger partial charge is 0.303 e. The van der Waals surface area contributed by atoms with Crippen LogP contribution in [0.15, 0.2) is 48.2 Å². The highest BCUT2D eigenvalue weighted by Crippen LogP contribution is 2.28. The van der Waals surface area contributed by atoms with Crippen molar-refractivity contribution < 1.29 is 14.7 Å². The second-order valence-electron chi connectivity index (χ2n) is 6.67. The van der Waals surface area contributed by atoms with Crippen LogP contribution >= 0.6 is 0 Å². The number of aliphatic carboxylic acids is 1. The number of anilines is 1. The van der Waals surface area contributed by atoms with Gasteiger partial charge in [0.1, 0.15) is 0 Å². The lowest BCUT2D eigenvalue weighted by atomic mass is 9.99. The maximum absolute atomic E-state index is 11.8. The second-order valence-corrected chi connectivity index (χ2v) is 6.67. The van der Waals surface area contributed by atoms with Crippen molar-refractivity contribution in [1.29, 1.82) is 0 Å². The van der Waals surface area contributed by atoms with Crippen LogP contribution in [0.2, 0.25) is 0 Å². The zero-order valence-electron chi connectivity index (χ0n) is 16.1. The largest absolute Gasteiger partial charge is 0.481 e. The number of carbonyl (C=O) groups is 2. The highest BCUT2D eigenvalue weighted by Gasteiger charge is 2.09. The zero-order chi connectivity index (χ0) is 19.8. The quantitative estimate of drug-likeness (QED) is 0.592. The molecular weight excluding hydrogens is 342 g/mol. The number of nitrogens with one attached hydrogen (secondary N) is 2. The summed E-state index contributed by atoms with van der Waals surface area (Å²) in [7, 11) is 5.59. The van der Waals surface area contributed by atoms with Crippen molar-refractivity contribution in [2.24, 2.45) is 0 Å². The van der Waals surface area contributed by atoms with Crippen molar-refractivity contribution in [3.63, 3.8) is 0 Å². The van der Waals surface area contributed by atoms with Crippen LogP contribution in [-0.2, 0) is 16.0 Å². The fraction of sp³-hybridized carbons (Fsp3) is 0.333. The van der Waals surface area contributed by atoms with Gasteiger partial charge >= 0.3 is 5.97 Å². The van der Waals surface area contributed by atoms with Gasteiger partial charge in [0.2, 0.25) is 5.91 Å². The molecule has 2 aromatic carbocycles. The molecule has 2 rings (SSSR count). The van der Waals surface area contributed by atoms with Gasteiger partial charge in [-0.1, -0.05) is 30.3 Å². The minimum atomic E-state index is -0.805. The third-order valence-corrected chi connectivity index (χ3v) is 4.30. The number of rotatable bonds is 9. The first-order valence-electron chi connectivity index (χ1n) is 8.97. The van der Waals surface area contributed by atoms with Gasteiger partial charge in [-0.25, -0.2) is 0 Å². The molecule has 0 heterocycles. The van der Waals surface area contributed by atoms with E-state index in [2.05, 4.69) is 15.5 Å². The average molecular weight is 369 g/mol. The van der Waals surface area contributed by atoms with Crippen LogP contribution in [-0.4, -0.2) is 49.6 Å². The molecular formula is C21H27N3O3. The Balaban J connectivity index is 2.35. The van der Waals surface area contributed by atoms with Gasteiger partial charge < -0.3 is 20.6 Å². The molecule has 0 fully saturated rings. The molecule has 144 valence electrons. The van der Waals surface area contributed by atoms with E-state index in [1.165, 1.54) is 0 Å². The Labute approximate surface area is 159 Å². The molecule has 6 nitrogen and oxygen atoms in total. The maximum atomic E-state index is 11.8. The Morgan fingerprint density at radius 3 is 2.44 bits per heavy atom. The summed E-state index contributed by atoms with van der Waals surface area (Å²) in [6, 6.07) is 11.8. The Kier molecular flexibility index (Phi) is 7.37. The van der Waals surface area contributed by atoms with Crippen LogP contribution < -0.4 is 10.6 Å². The summed E-state index contributed by atoms with van der Waals surface area (Å²) in [5.74, 6) is -0.959. The topological polar surface area (TPSA) is 81.7 Å². The highest BCUT2D eigenvalue weighted by atomic mass is 16.4. The first-order chi connectivity index (χ1) is 12.9. The SMILES string of the molecule is CNC(=O)/C=C(/CCN(C)C)Nc1cccc2c(CCC(=O)O)cccc12. The van der Waals surface area contributed by atoms with Crippen molar-refractivity contribution in [2.75, 3.05) is 33.0 Å². The first-order valence-corrected chi connectivity index (χ1v) is 8.97. The molecule has 0 atom stereocenters. The Morgan fingerprint density at radius 2 is 1.78 bits per heavy atom. The summed E-state index contributed by atoms with van der Waals surface area (Å²) in [6.45, 7) is 0.810. The summed E-state index contributed by atoms with van der Waals surface area (Å²) in [5, 5.41) is 17.0. The van der Waals surface area contributed by atoms with Crippen molar-refractivity contribution in [3.8, 4) is 0 Å². The van der Waals surface area contributed by atoms with E-state index in [1.807, 2.05) is 50.5 Å². The normalized spacial score (nSPS) is 11.6. The molecule has 0 spiro atoms. The van der Waals surface area contributed by atoms with Crippen LogP contribution in [0.25, 0.3) is 10.8 Å². The van der Waals surface area contributed by atoms with Crippen molar-refractivity contribution >= 4 is 28.3 Å². The number of fused-ring (bicyclic) bond motifs is 1. The van der Waals surface area contributed by atoms with E-state index < -0.39 is 5.97 Å². The molecule has 0 unspecified atom stereocenters. The Morgan fingerprint density at radius 1 is 1.07 bits per heavy atom. The zero-order valence-corrected chi connectivity index (χ0v) is 16.1. The standard InChI is InChI=1S/C21H27N3O3/c1-22-20(25)14-16(12-13-24(2)3)23-19-9-5-7-17-15(10-11-21(26)27)6-4-8-18(17)19/h4-9,14,23H,10-13H2,1-3H3,(H,22,25)(H,26,27)/b16-14-. The lowest BCUT2D eigenvalue weighted by Gasteiger charge is -2.17.